The van der Waals surface area contributed by atoms with Crippen molar-refractivity contribution in [1.29, 1.82) is 0 Å². The molecule has 2 aromatic rings. The van der Waals surface area contributed by atoms with Crippen LogP contribution in [0.3, 0.4) is 0 Å². The van der Waals surface area contributed by atoms with Crippen molar-refractivity contribution in [2.45, 2.75) is 19.8 Å². The molecule has 0 atom stereocenters. The van der Waals surface area contributed by atoms with Gasteiger partial charge in [-0.1, -0.05) is 37.0 Å². The van der Waals surface area contributed by atoms with Crippen LogP contribution in [0.25, 0.3) is 11.5 Å². The van der Waals surface area contributed by atoms with Crippen LogP contribution < -0.4 is 0 Å². The highest BCUT2D eigenvalue weighted by molar-refractivity contribution is 6.36. The third kappa shape index (κ3) is 2.42. The maximum absolute atomic E-state index is 10.9. The zero-order chi connectivity index (χ0) is 13.3. The predicted octanol–water partition coefficient (Wildman–Crippen LogP) is 4.58. The number of nitrogens with zero attached hydrogens (tertiary/aromatic N) is 1. The van der Waals surface area contributed by atoms with E-state index in [1.165, 1.54) is 0 Å². The van der Waals surface area contributed by atoms with E-state index in [4.69, 9.17) is 27.6 Å². The number of carbonyl (C=O) groups excluding carboxylic acids is 1. The summed E-state index contributed by atoms with van der Waals surface area (Å²) < 4.78 is 5.60. The molecule has 1 aromatic carbocycles. The fourth-order valence-corrected chi connectivity index (χ4v) is 2.11. The molecule has 2 rings (SSSR count). The van der Waals surface area contributed by atoms with E-state index in [9.17, 15) is 4.79 Å². The fourth-order valence-electron chi connectivity index (χ4n) is 1.62. The molecule has 0 saturated carbocycles. The highest BCUT2D eigenvalue weighted by Crippen LogP contribution is 2.32. The molecule has 94 valence electrons. The largest absolute Gasteiger partial charge is 0.440 e. The van der Waals surface area contributed by atoms with Crippen molar-refractivity contribution < 1.29 is 9.21 Å². The maximum atomic E-state index is 10.9. The molecule has 18 heavy (non-hydrogen) atoms. The third-order valence-corrected chi connectivity index (χ3v) is 3.03. The van der Waals surface area contributed by atoms with Crippen LogP contribution in [0.2, 0.25) is 10.0 Å². The van der Waals surface area contributed by atoms with Crippen molar-refractivity contribution in [3.63, 3.8) is 0 Å². The van der Waals surface area contributed by atoms with E-state index < -0.39 is 0 Å². The molecule has 0 saturated heterocycles. The molecule has 0 unspecified atom stereocenters. The van der Waals surface area contributed by atoms with E-state index in [0.717, 1.165) is 0 Å². The highest BCUT2D eigenvalue weighted by Gasteiger charge is 2.18. The molecule has 0 bridgehead atoms. The molecular formula is C13H11Cl2NO2. The monoisotopic (exact) mass is 283 g/mol. The Morgan fingerprint density at radius 2 is 2.06 bits per heavy atom. The lowest BCUT2D eigenvalue weighted by Crippen LogP contribution is -1.90. The van der Waals surface area contributed by atoms with Crippen molar-refractivity contribution in [1.82, 2.24) is 4.98 Å². The van der Waals surface area contributed by atoms with Gasteiger partial charge < -0.3 is 4.42 Å². The summed E-state index contributed by atoms with van der Waals surface area (Å²) in [6.07, 6.45) is 0.687. The van der Waals surface area contributed by atoms with Gasteiger partial charge in [0.05, 0.1) is 10.6 Å². The first-order valence-electron chi connectivity index (χ1n) is 5.44. The smallest absolute Gasteiger partial charge is 0.228 e. The normalized spacial score (nSPS) is 10.9. The second kappa shape index (κ2) is 5.12. The number of carbonyl (C=O) groups is 1. The van der Waals surface area contributed by atoms with E-state index in [2.05, 4.69) is 4.98 Å². The average Bonchev–Trinajstić information content (AvgIpc) is 2.73. The lowest BCUT2D eigenvalue weighted by atomic mass is 10.1. The van der Waals surface area contributed by atoms with Gasteiger partial charge in [-0.3, -0.25) is 4.79 Å². The summed E-state index contributed by atoms with van der Waals surface area (Å²) >= 11 is 11.9. The molecule has 0 amide bonds. The van der Waals surface area contributed by atoms with Gasteiger partial charge in [-0.15, -0.1) is 0 Å². The first-order chi connectivity index (χ1) is 8.52. The third-order valence-electron chi connectivity index (χ3n) is 2.48. The van der Waals surface area contributed by atoms with Gasteiger partial charge in [0.1, 0.15) is 11.5 Å². The van der Waals surface area contributed by atoms with Crippen molar-refractivity contribution >= 4 is 29.5 Å². The van der Waals surface area contributed by atoms with Gasteiger partial charge in [0.15, 0.2) is 6.29 Å². The second-order valence-electron chi connectivity index (χ2n) is 4.17. The van der Waals surface area contributed by atoms with E-state index in [1.54, 1.807) is 18.2 Å². The Labute approximate surface area is 115 Å². The number of hydrogen-bond acceptors (Lipinski definition) is 3. The number of benzene rings is 1. The van der Waals surface area contributed by atoms with Crippen LogP contribution in [-0.4, -0.2) is 11.3 Å². The molecule has 0 N–H and O–H groups in total. The summed E-state index contributed by atoms with van der Waals surface area (Å²) in [6, 6.07) is 5.02. The fraction of sp³-hybridized carbons (Fsp3) is 0.231. The SMILES string of the molecule is CC(C)c1oc(-c2ccc(Cl)cc2Cl)nc1C=O. The molecule has 5 heteroatoms. The van der Waals surface area contributed by atoms with Gasteiger partial charge in [0.25, 0.3) is 0 Å². The summed E-state index contributed by atoms with van der Waals surface area (Å²) in [5.41, 5.74) is 0.932. The van der Waals surface area contributed by atoms with Crippen molar-refractivity contribution in [2.24, 2.45) is 0 Å². The molecule has 1 aromatic heterocycles. The second-order valence-corrected chi connectivity index (χ2v) is 5.01. The lowest BCUT2D eigenvalue weighted by Gasteiger charge is -2.01. The van der Waals surface area contributed by atoms with Crippen molar-refractivity contribution in [2.75, 3.05) is 0 Å². The molecular weight excluding hydrogens is 273 g/mol. The molecule has 0 radical (unpaired) electrons. The molecule has 0 fully saturated rings. The number of halogens is 2. The standard InChI is InChI=1S/C13H11Cl2NO2/c1-7(2)12-11(6-17)16-13(18-12)9-4-3-8(14)5-10(9)15/h3-7H,1-2H3. The zero-order valence-corrected chi connectivity index (χ0v) is 11.4. The Bertz CT molecular complexity index is 591. The number of aldehydes is 1. The first kappa shape index (κ1) is 13.1. The lowest BCUT2D eigenvalue weighted by molar-refractivity contribution is 0.111. The predicted molar refractivity (Wildman–Crippen MR) is 71.4 cm³/mol. The Morgan fingerprint density at radius 1 is 1.33 bits per heavy atom. The van der Waals surface area contributed by atoms with Crippen LogP contribution in [0.1, 0.15) is 36.0 Å². The number of rotatable bonds is 3. The van der Waals surface area contributed by atoms with Gasteiger partial charge in [0.2, 0.25) is 5.89 Å². The van der Waals surface area contributed by atoms with Crippen LogP contribution >= 0.6 is 23.2 Å². The maximum Gasteiger partial charge on any atom is 0.228 e. The van der Waals surface area contributed by atoms with E-state index >= 15 is 0 Å². The summed E-state index contributed by atoms with van der Waals surface area (Å²) in [7, 11) is 0. The van der Waals surface area contributed by atoms with Crippen LogP contribution in [0.5, 0.6) is 0 Å². The summed E-state index contributed by atoms with van der Waals surface area (Å²) in [5, 5.41) is 0.978. The minimum atomic E-state index is 0.0810. The Hall–Kier alpha value is -1.32. The first-order valence-corrected chi connectivity index (χ1v) is 6.20. The minimum Gasteiger partial charge on any atom is -0.440 e. The van der Waals surface area contributed by atoms with Crippen LogP contribution in [0.4, 0.5) is 0 Å². The minimum absolute atomic E-state index is 0.0810. The summed E-state index contributed by atoms with van der Waals surface area (Å²) in [6.45, 7) is 3.86. The molecule has 0 aliphatic heterocycles. The van der Waals surface area contributed by atoms with Gasteiger partial charge in [-0.25, -0.2) is 4.98 Å². The Kier molecular flexibility index (Phi) is 3.73. The quantitative estimate of drug-likeness (QED) is 0.774. The number of aromatic nitrogens is 1. The van der Waals surface area contributed by atoms with Gasteiger partial charge >= 0.3 is 0 Å². The van der Waals surface area contributed by atoms with Crippen molar-refractivity contribution in [3.8, 4) is 11.5 Å². The van der Waals surface area contributed by atoms with Gasteiger partial charge in [-0.2, -0.15) is 0 Å². The molecule has 0 aliphatic rings. The molecule has 1 heterocycles. The topological polar surface area (TPSA) is 43.1 Å². The van der Waals surface area contributed by atoms with E-state index in [0.29, 0.717) is 39.2 Å². The van der Waals surface area contributed by atoms with Crippen molar-refractivity contribution in [3.05, 3.63) is 39.7 Å². The van der Waals surface area contributed by atoms with Gasteiger partial charge in [0, 0.05) is 10.9 Å². The molecule has 0 spiro atoms. The average molecular weight is 284 g/mol. The summed E-state index contributed by atoms with van der Waals surface area (Å²) in [4.78, 5) is 15.1. The van der Waals surface area contributed by atoms with E-state index in [1.807, 2.05) is 13.8 Å². The van der Waals surface area contributed by atoms with Crippen LogP contribution in [0.15, 0.2) is 22.6 Å². The number of oxazole rings is 1. The number of hydrogen-bond donors (Lipinski definition) is 0. The van der Waals surface area contributed by atoms with Crippen LogP contribution in [0, 0.1) is 0 Å². The Morgan fingerprint density at radius 3 is 2.56 bits per heavy atom. The molecule has 3 nitrogen and oxygen atoms in total. The Balaban J connectivity index is 2.54. The van der Waals surface area contributed by atoms with Crippen LogP contribution in [-0.2, 0) is 0 Å². The van der Waals surface area contributed by atoms with Gasteiger partial charge in [-0.05, 0) is 18.2 Å². The highest BCUT2D eigenvalue weighted by atomic mass is 35.5. The summed E-state index contributed by atoms with van der Waals surface area (Å²) in [5.74, 6) is 0.978. The molecule has 0 aliphatic carbocycles. The van der Waals surface area contributed by atoms with E-state index in [-0.39, 0.29) is 5.92 Å². The zero-order valence-electron chi connectivity index (χ0n) is 9.91.